The van der Waals surface area contributed by atoms with Crippen LogP contribution in [0.25, 0.3) is 0 Å². The lowest BCUT2D eigenvalue weighted by atomic mass is 9.70. The number of carbonyl (C=O) groups is 2. The van der Waals surface area contributed by atoms with E-state index in [4.69, 9.17) is 9.47 Å². The van der Waals surface area contributed by atoms with Gasteiger partial charge >= 0.3 is 5.97 Å². The largest absolute Gasteiger partial charge is 0.460 e. The number of nitrogens with one attached hydrogen (secondary N) is 1. The van der Waals surface area contributed by atoms with Gasteiger partial charge in [0, 0.05) is 34.9 Å². The number of allylic oxidation sites excluding steroid dienone is 3. The first kappa shape index (κ1) is 19.8. The van der Waals surface area contributed by atoms with E-state index in [1.165, 1.54) is 0 Å². The van der Waals surface area contributed by atoms with Gasteiger partial charge in [-0.2, -0.15) is 0 Å². The number of hydrogen-bond acceptors (Lipinski definition) is 6. The maximum atomic E-state index is 13.0. The monoisotopic (exact) mass is 389 g/mol. The van der Waals surface area contributed by atoms with Crippen LogP contribution in [0.2, 0.25) is 0 Å². The van der Waals surface area contributed by atoms with Crippen LogP contribution in [0, 0.1) is 5.41 Å². The highest BCUT2D eigenvalue weighted by atomic mass is 32.1. The molecule has 3 rings (SSSR count). The van der Waals surface area contributed by atoms with Crippen molar-refractivity contribution in [3.8, 4) is 0 Å². The third-order valence-corrected chi connectivity index (χ3v) is 5.89. The van der Waals surface area contributed by atoms with Gasteiger partial charge in [0.1, 0.15) is 6.61 Å². The topological polar surface area (TPSA) is 64.6 Å². The molecule has 5 nitrogen and oxygen atoms in total. The zero-order chi connectivity index (χ0) is 19.6. The Morgan fingerprint density at radius 1 is 1.33 bits per heavy atom. The van der Waals surface area contributed by atoms with E-state index in [-0.39, 0.29) is 29.7 Å². The zero-order valence-electron chi connectivity index (χ0n) is 16.4. The molecule has 0 amide bonds. The average Bonchev–Trinajstić information content (AvgIpc) is 3.10. The van der Waals surface area contributed by atoms with Crippen LogP contribution >= 0.6 is 11.3 Å². The van der Waals surface area contributed by atoms with Gasteiger partial charge in [-0.15, -0.1) is 11.3 Å². The Bertz CT molecular complexity index is 789. The number of rotatable bonds is 6. The van der Waals surface area contributed by atoms with E-state index in [2.05, 4.69) is 19.2 Å². The summed E-state index contributed by atoms with van der Waals surface area (Å²) >= 11 is 1.56. The van der Waals surface area contributed by atoms with Crippen molar-refractivity contribution in [2.24, 2.45) is 5.41 Å². The third-order valence-electron chi connectivity index (χ3n) is 4.95. The van der Waals surface area contributed by atoms with Crippen molar-refractivity contribution in [1.82, 2.24) is 5.32 Å². The van der Waals surface area contributed by atoms with E-state index in [9.17, 15) is 9.59 Å². The molecule has 0 fully saturated rings. The molecule has 6 heteroatoms. The van der Waals surface area contributed by atoms with Crippen molar-refractivity contribution in [3.63, 3.8) is 0 Å². The predicted octanol–water partition coefficient (Wildman–Crippen LogP) is 3.93. The van der Waals surface area contributed by atoms with E-state index in [1.807, 2.05) is 31.4 Å². The van der Waals surface area contributed by atoms with Crippen molar-refractivity contribution < 1.29 is 19.1 Å². The van der Waals surface area contributed by atoms with Gasteiger partial charge in [-0.05, 0) is 37.1 Å². The Morgan fingerprint density at radius 3 is 2.78 bits per heavy atom. The molecule has 2 heterocycles. The van der Waals surface area contributed by atoms with Crippen molar-refractivity contribution in [1.29, 1.82) is 0 Å². The normalized spacial score (nSPS) is 21.8. The Hall–Kier alpha value is -1.92. The molecule has 0 spiro atoms. The molecular formula is C21H27NO4S. The van der Waals surface area contributed by atoms with Crippen LogP contribution < -0.4 is 5.32 Å². The summed E-state index contributed by atoms with van der Waals surface area (Å²) in [6.07, 6.45) is 1.28. The van der Waals surface area contributed by atoms with Crippen LogP contribution in [-0.2, 0) is 19.1 Å². The summed E-state index contributed by atoms with van der Waals surface area (Å²) in [5, 5.41) is 5.31. The molecule has 0 saturated carbocycles. The Balaban J connectivity index is 1.96. The molecule has 146 valence electrons. The first-order valence-corrected chi connectivity index (χ1v) is 10.2. The molecule has 1 aliphatic heterocycles. The van der Waals surface area contributed by atoms with Gasteiger partial charge in [0.25, 0.3) is 0 Å². The van der Waals surface area contributed by atoms with Crippen LogP contribution in [0.15, 0.2) is 40.1 Å². The molecule has 0 saturated heterocycles. The minimum Gasteiger partial charge on any atom is -0.460 e. The average molecular weight is 390 g/mol. The minimum absolute atomic E-state index is 0.0846. The molecular weight excluding hydrogens is 362 g/mol. The van der Waals surface area contributed by atoms with E-state index in [1.54, 1.807) is 11.3 Å². The van der Waals surface area contributed by atoms with Crippen molar-refractivity contribution in [2.75, 3.05) is 19.8 Å². The van der Waals surface area contributed by atoms with Crippen LogP contribution in [0.3, 0.4) is 0 Å². The Labute approximate surface area is 164 Å². The molecule has 2 aliphatic rings. The van der Waals surface area contributed by atoms with Crippen LogP contribution in [0.1, 0.15) is 51.3 Å². The summed E-state index contributed by atoms with van der Waals surface area (Å²) in [5.41, 5.74) is 2.87. The lowest BCUT2D eigenvalue weighted by molar-refractivity contribution is -0.140. The third kappa shape index (κ3) is 4.17. The second-order valence-corrected chi connectivity index (χ2v) is 8.76. The maximum absolute atomic E-state index is 13.0. The minimum atomic E-state index is -0.387. The summed E-state index contributed by atoms with van der Waals surface area (Å²) < 4.78 is 10.7. The number of hydrogen-bond donors (Lipinski definition) is 1. The van der Waals surface area contributed by atoms with E-state index in [0.29, 0.717) is 25.2 Å². The second kappa shape index (κ2) is 7.98. The molecule has 1 aliphatic carbocycles. The fourth-order valence-corrected chi connectivity index (χ4v) is 4.71. The lowest BCUT2D eigenvalue weighted by Gasteiger charge is -2.39. The highest BCUT2D eigenvalue weighted by Crippen LogP contribution is 2.47. The fourth-order valence-electron chi connectivity index (χ4n) is 3.86. The molecule has 0 bridgehead atoms. The fraction of sp³-hybridized carbons (Fsp3) is 0.524. The molecule has 1 N–H and O–H groups in total. The summed E-state index contributed by atoms with van der Waals surface area (Å²) in [4.78, 5) is 26.9. The molecule has 0 radical (unpaired) electrons. The van der Waals surface area contributed by atoms with Gasteiger partial charge < -0.3 is 14.8 Å². The standard InChI is InChI=1S/C21H27NO4S/c1-5-25-8-9-26-20(24)17-13(2)22-14-11-21(3,4)12-15(23)18(14)19(17)16-7-6-10-27-16/h6-7,10,19,22H,5,8-9,11-12H2,1-4H3/t19-/m1/s1. The van der Waals surface area contributed by atoms with E-state index in [0.717, 1.165) is 28.3 Å². The van der Waals surface area contributed by atoms with Gasteiger partial charge in [0.2, 0.25) is 0 Å². The number of ketones is 1. The summed E-state index contributed by atoms with van der Waals surface area (Å²) in [7, 11) is 0. The quantitative estimate of drug-likeness (QED) is 0.590. The van der Waals surface area contributed by atoms with Crippen LogP contribution in [0.5, 0.6) is 0 Å². The number of thiophene rings is 1. The maximum Gasteiger partial charge on any atom is 0.336 e. The zero-order valence-corrected chi connectivity index (χ0v) is 17.2. The first-order valence-electron chi connectivity index (χ1n) is 9.36. The van der Waals surface area contributed by atoms with Crippen LogP contribution in [0.4, 0.5) is 0 Å². The second-order valence-electron chi connectivity index (χ2n) is 7.78. The molecule has 1 aromatic heterocycles. The van der Waals surface area contributed by atoms with Gasteiger partial charge in [0.15, 0.2) is 5.78 Å². The smallest absolute Gasteiger partial charge is 0.336 e. The Morgan fingerprint density at radius 2 is 2.11 bits per heavy atom. The highest BCUT2D eigenvalue weighted by molar-refractivity contribution is 7.10. The van der Waals surface area contributed by atoms with Gasteiger partial charge in [0.05, 0.1) is 18.1 Å². The highest BCUT2D eigenvalue weighted by Gasteiger charge is 2.43. The molecule has 1 aromatic rings. The first-order chi connectivity index (χ1) is 12.8. The Kier molecular flexibility index (Phi) is 5.86. The molecule has 0 unspecified atom stereocenters. The van der Waals surface area contributed by atoms with Crippen molar-refractivity contribution in [3.05, 3.63) is 44.9 Å². The predicted molar refractivity (Wildman–Crippen MR) is 105 cm³/mol. The van der Waals surface area contributed by atoms with E-state index < -0.39 is 0 Å². The van der Waals surface area contributed by atoms with Crippen molar-refractivity contribution >= 4 is 23.1 Å². The van der Waals surface area contributed by atoms with Crippen molar-refractivity contribution in [2.45, 2.75) is 46.5 Å². The van der Waals surface area contributed by atoms with Gasteiger partial charge in [-0.1, -0.05) is 19.9 Å². The summed E-state index contributed by atoms with van der Waals surface area (Å²) in [5.74, 6) is -0.633. The SMILES string of the molecule is CCOCCOC(=O)C1=C(C)NC2=C(C(=O)CC(C)(C)C2)[C@@H]1c1cccs1. The van der Waals surface area contributed by atoms with Crippen LogP contribution in [-0.4, -0.2) is 31.6 Å². The molecule has 27 heavy (non-hydrogen) atoms. The van der Waals surface area contributed by atoms with Gasteiger partial charge in [-0.3, -0.25) is 4.79 Å². The van der Waals surface area contributed by atoms with E-state index >= 15 is 0 Å². The number of carbonyl (C=O) groups excluding carboxylic acids is 2. The number of Topliss-reactive ketones (excluding diaryl/α,β-unsaturated/α-hetero) is 1. The number of ether oxygens (including phenoxy) is 2. The molecule has 1 atom stereocenters. The number of dihydropyridines is 1. The molecule has 0 aromatic carbocycles. The lowest BCUT2D eigenvalue weighted by Crippen LogP contribution is -2.38. The van der Waals surface area contributed by atoms with Gasteiger partial charge in [-0.25, -0.2) is 4.79 Å². The summed E-state index contributed by atoms with van der Waals surface area (Å²) in [6, 6.07) is 3.94. The summed E-state index contributed by atoms with van der Waals surface area (Å²) in [6.45, 7) is 9.14. The number of esters is 1.